The molecular formula is C24H30N6. The molecule has 156 valence electrons. The molecule has 6 heteroatoms. The van der Waals surface area contributed by atoms with Gasteiger partial charge in [0.05, 0.1) is 11.7 Å². The Balaban J connectivity index is 1.33. The molecule has 1 aromatic heterocycles. The SMILES string of the molecule is CN=C(NCc1ccc(-n2cccn2)cc1)NCC(c1ccccc1)N1CCCC1. The predicted octanol–water partition coefficient (Wildman–Crippen LogP) is 3.37. The van der Waals surface area contributed by atoms with Crippen molar-refractivity contribution in [3.63, 3.8) is 0 Å². The lowest BCUT2D eigenvalue weighted by atomic mass is 10.1. The van der Waals surface area contributed by atoms with Gasteiger partial charge < -0.3 is 10.6 Å². The Morgan fingerprint density at radius 1 is 1.00 bits per heavy atom. The van der Waals surface area contributed by atoms with Gasteiger partial charge in [-0.1, -0.05) is 42.5 Å². The van der Waals surface area contributed by atoms with Crippen LogP contribution in [0.25, 0.3) is 5.69 Å². The van der Waals surface area contributed by atoms with Gasteiger partial charge in [0.1, 0.15) is 0 Å². The van der Waals surface area contributed by atoms with Crippen LogP contribution in [0.2, 0.25) is 0 Å². The third-order valence-corrected chi connectivity index (χ3v) is 5.62. The second-order valence-corrected chi connectivity index (χ2v) is 7.59. The Morgan fingerprint density at radius 3 is 2.43 bits per heavy atom. The number of nitrogens with zero attached hydrogens (tertiary/aromatic N) is 4. The molecule has 0 radical (unpaired) electrons. The molecule has 2 heterocycles. The van der Waals surface area contributed by atoms with Crippen LogP contribution >= 0.6 is 0 Å². The van der Waals surface area contributed by atoms with Crippen molar-refractivity contribution in [3.05, 3.63) is 84.2 Å². The lowest BCUT2D eigenvalue weighted by Gasteiger charge is -2.29. The van der Waals surface area contributed by atoms with Crippen molar-refractivity contribution >= 4 is 5.96 Å². The van der Waals surface area contributed by atoms with E-state index < -0.39 is 0 Å². The van der Waals surface area contributed by atoms with Gasteiger partial charge in [-0.05, 0) is 55.3 Å². The van der Waals surface area contributed by atoms with Gasteiger partial charge in [-0.15, -0.1) is 0 Å². The number of nitrogens with one attached hydrogen (secondary N) is 2. The zero-order valence-electron chi connectivity index (χ0n) is 17.5. The molecule has 1 aliphatic rings. The van der Waals surface area contributed by atoms with Gasteiger partial charge in [0.2, 0.25) is 0 Å². The van der Waals surface area contributed by atoms with Crippen LogP contribution in [0.1, 0.15) is 30.0 Å². The van der Waals surface area contributed by atoms with Crippen LogP contribution in [0.3, 0.4) is 0 Å². The molecule has 2 aromatic carbocycles. The molecule has 0 bridgehead atoms. The number of hydrogen-bond acceptors (Lipinski definition) is 3. The molecule has 0 aliphatic carbocycles. The van der Waals surface area contributed by atoms with E-state index in [2.05, 4.69) is 80.2 Å². The first-order valence-corrected chi connectivity index (χ1v) is 10.7. The molecule has 1 saturated heterocycles. The van der Waals surface area contributed by atoms with E-state index in [0.717, 1.165) is 37.8 Å². The zero-order valence-corrected chi connectivity index (χ0v) is 17.5. The Labute approximate surface area is 178 Å². The first kappa shape index (κ1) is 20.2. The fourth-order valence-electron chi connectivity index (χ4n) is 3.97. The van der Waals surface area contributed by atoms with Gasteiger partial charge in [0.15, 0.2) is 5.96 Å². The van der Waals surface area contributed by atoms with Gasteiger partial charge in [0.25, 0.3) is 0 Å². The van der Waals surface area contributed by atoms with Crippen molar-refractivity contribution in [1.29, 1.82) is 0 Å². The maximum Gasteiger partial charge on any atom is 0.191 e. The van der Waals surface area contributed by atoms with Gasteiger partial charge in [-0.2, -0.15) is 5.10 Å². The fourth-order valence-corrected chi connectivity index (χ4v) is 3.97. The van der Waals surface area contributed by atoms with Crippen LogP contribution < -0.4 is 10.6 Å². The molecule has 1 fully saturated rings. The summed E-state index contributed by atoms with van der Waals surface area (Å²) in [5, 5.41) is 11.2. The summed E-state index contributed by atoms with van der Waals surface area (Å²) in [6.45, 7) is 3.88. The van der Waals surface area contributed by atoms with Crippen LogP contribution in [-0.2, 0) is 6.54 Å². The lowest BCUT2D eigenvalue weighted by Crippen LogP contribution is -2.42. The largest absolute Gasteiger partial charge is 0.354 e. The monoisotopic (exact) mass is 402 g/mol. The number of likely N-dealkylation sites (tertiary alicyclic amines) is 1. The minimum Gasteiger partial charge on any atom is -0.354 e. The summed E-state index contributed by atoms with van der Waals surface area (Å²) in [6, 6.07) is 21.5. The molecular weight excluding hydrogens is 372 g/mol. The minimum atomic E-state index is 0.362. The molecule has 3 aromatic rings. The highest BCUT2D eigenvalue weighted by Gasteiger charge is 2.23. The summed E-state index contributed by atoms with van der Waals surface area (Å²) in [4.78, 5) is 6.99. The van der Waals surface area contributed by atoms with Crippen molar-refractivity contribution in [3.8, 4) is 5.69 Å². The van der Waals surface area contributed by atoms with E-state index in [1.54, 1.807) is 6.20 Å². The van der Waals surface area contributed by atoms with Crippen LogP contribution in [-0.4, -0.2) is 47.3 Å². The van der Waals surface area contributed by atoms with Crippen LogP contribution in [0.15, 0.2) is 78.0 Å². The molecule has 0 amide bonds. The predicted molar refractivity (Wildman–Crippen MR) is 122 cm³/mol. The quantitative estimate of drug-likeness (QED) is 0.470. The van der Waals surface area contributed by atoms with Gasteiger partial charge >= 0.3 is 0 Å². The van der Waals surface area contributed by atoms with Crippen molar-refractivity contribution in [2.45, 2.75) is 25.4 Å². The molecule has 4 rings (SSSR count). The van der Waals surface area contributed by atoms with E-state index in [4.69, 9.17) is 0 Å². The highest BCUT2D eigenvalue weighted by atomic mass is 15.3. The van der Waals surface area contributed by atoms with Crippen molar-refractivity contribution in [2.75, 3.05) is 26.7 Å². The van der Waals surface area contributed by atoms with Crippen molar-refractivity contribution < 1.29 is 0 Å². The summed E-state index contributed by atoms with van der Waals surface area (Å²) < 4.78 is 1.86. The smallest absolute Gasteiger partial charge is 0.191 e. The molecule has 1 unspecified atom stereocenters. The molecule has 2 N–H and O–H groups in total. The standard InChI is InChI=1S/C24H30N6/c1-25-24(26-18-20-10-12-22(13-11-20)30-17-7-14-28-30)27-19-23(29-15-5-6-16-29)21-8-3-2-4-9-21/h2-4,7-14,17,23H,5-6,15-16,18-19H2,1H3,(H2,25,26,27). The summed E-state index contributed by atoms with van der Waals surface area (Å²) in [5.41, 5.74) is 3.62. The minimum absolute atomic E-state index is 0.362. The second kappa shape index (κ2) is 10.1. The zero-order chi connectivity index (χ0) is 20.6. The number of rotatable bonds is 7. The number of hydrogen-bond donors (Lipinski definition) is 2. The summed E-state index contributed by atoms with van der Waals surface area (Å²) in [7, 11) is 1.82. The van der Waals surface area contributed by atoms with E-state index in [9.17, 15) is 0 Å². The number of benzene rings is 2. The average Bonchev–Trinajstić information content (AvgIpc) is 3.52. The number of guanidine groups is 1. The van der Waals surface area contributed by atoms with E-state index in [0.29, 0.717) is 6.04 Å². The molecule has 0 saturated carbocycles. The summed E-state index contributed by atoms with van der Waals surface area (Å²) >= 11 is 0. The number of aromatic nitrogens is 2. The van der Waals surface area contributed by atoms with E-state index in [1.807, 2.05) is 24.0 Å². The van der Waals surface area contributed by atoms with Gasteiger partial charge in [0, 0.05) is 32.5 Å². The normalized spacial score (nSPS) is 15.8. The molecule has 1 atom stereocenters. The third kappa shape index (κ3) is 5.07. The van der Waals surface area contributed by atoms with E-state index in [-0.39, 0.29) is 0 Å². The maximum absolute atomic E-state index is 4.42. The Bertz CT molecular complexity index is 912. The van der Waals surface area contributed by atoms with E-state index >= 15 is 0 Å². The highest BCUT2D eigenvalue weighted by molar-refractivity contribution is 5.79. The molecule has 1 aliphatic heterocycles. The second-order valence-electron chi connectivity index (χ2n) is 7.59. The first-order valence-electron chi connectivity index (χ1n) is 10.7. The van der Waals surface area contributed by atoms with Gasteiger partial charge in [-0.25, -0.2) is 4.68 Å². The van der Waals surface area contributed by atoms with E-state index in [1.165, 1.54) is 24.0 Å². The Morgan fingerprint density at radius 2 is 1.77 bits per heavy atom. The fraction of sp³-hybridized carbons (Fsp3) is 0.333. The summed E-state index contributed by atoms with van der Waals surface area (Å²) in [6.07, 6.45) is 6.30. The first-order chi connectivity index (χ1) is 14.8. The van der Waals surface area contributed by atoms with Gasteiger partial charge in [-0.3, -0.25) is 9.89 Å². The van der Waals surface area contributed by atoms with Crippen LogP contribution in [0.4, 0.5) is 0 Å². The Kier molecular flexibility index (Phi) is 6.77. The average molecular weight is 403 g/mol. The lowest BCUT2D eigenvalue weighted by molar-refractivity contribution is 0.245. The summed E-state index contributed by atoms with van der Waals surface area (Å²) in [5.74, 6) is 0.825. The van der Waals surface area contributed by atoms with Crippen LogP contribution in [0.5, 0.6) is 0 Å². The van der Waals surface area contributed by atoms with Crippen molar-refractivity contribution in [1.82, 2.24) is 25.3 Å². The molecule has 6 nitrogen and oxygen atoms in total. The molecule has 0 spiro atoms. The Hall–Kier alpha value is -3.12. The number of aliphatic imine (C=N–C) groups is 1. The van der Waals surface area contributed by atoms with Crippen molar-refractivity contribution in [2.24, 2.45) is 4.99 Å². The topological polar surface area (TPSA) is 57.5 Å². The molecule has 30 heavy (non-hydrogen) atoms. The highest BCUT2D eigenvalue weighted by Crippen LogP contribution is 2.24. The van der Waals surface area contributed by atoms with Crippen LogP contribution in [0, 0.1) is 0 Å². The third-order valence-electron chi connectivity index (χ3n) is 5.62. The maximum atomic E-state index is 4.42.